The smallest absolute Gasteiger partial charge is 0.164 e. The minimum absolute atomic E-state index is 0.0182. The summed E-state index contributed by atoms with van der Waals surface area (Å²) in [6.07, 6.45) is 4.54. The van der Waals surface area contributed by atoms with Crippen molar-refractivity contribution in [2.24, 2.45) is 5.41 Å². The fourth-order valence-corrected chi connectivity index (χ4v) is 5.15. The van der Waals surface area contributed by atoms with E-state index in [1.165, 1.54) is 5.56 Å². The maximum Gasteiger partial charge on any atom is 0.164 e. The average molecular weight is 375 g/mol. The Balaban J connectivity index is 1.95. The zero-order valence-electron chi connectivity index (χ0n) is 15.5. The first-order valence-electron chi connectivity index (χ1n) is 8.74. The molecule has 1 aliphatic rings. The van der Waals surface area contributed by atoms with E-state index in [4.69, 9.17) is 0 Å². The summed E-state index contributed by atoms with van der Waals surface area (Å²) in [5.74, 6) is 1.33. The number of thioether (sulfide) groups is 1. The Kier molecular flexibility index (Phi) is 5.66. The molecule has 0 unspecified atom stereocenters. The van der Waals surface area contributed by atoms with Crippen molar-refractivity contribution in [3.05, 3.63) is 34.8 Å². The first kappa shape index (κ1) is 18.6. The van der Waals surface area contributed by atoms with E-state index < -0.39 is 0 Å². The topological polar surface area (TPSA) is 33.2 Å². The zero-order valence-corrected chi connectivity index (χ0v) is 17.1. The highest BCUT2D eigenvalue weighted by atomic mass is 32.2. The molecule has 3 rings (SSSR count). The number of aromatic nitrogens is 1. The van der Waals surface area contributed by atoms with Crippen LogP contribution < -0.4 is 0 Å². The Bertz CT molecular complexity index is 751. The van der Waals surface area contributed by atoms with Crippen molar-refractivity contribution < 1.29 is 4.79 Å². The predicted octanol–water partition coefficient (Wildman–Crippen LogP) is 5.01. The molecule has 0 saturated heterocycles. The molecule has 3 nitrogen and oxygen atoms in total. The summed E-state index contributed by atoms with van der Waals surface area (Å²) >= 11 is 3.47. The van der Waals surface area contributed by atoms with Crippen LogP contribution in [0.5, 0.6) is 0 Å². The molecule has 0 fully saturated rings. The van der Waals surface area contributed by atoms with Crippen LogP contribution in [0.15, 0.2) is 28.6 Å². The number of carbonyl (C=O) groups is 1. The molecular formula is C20H26N2OS2. The maximum atomic E-state index is 12.9. The normalized spacial score (nSPS) is 16.3. The highest BCUT2D eigenvalue weighted by Crippen LogP contribution is 2.43. The number of benzene rings is 1. The minimum atomic E-state index is 0.0182. The summed E-state index contributed by atoms with van der Waals surface area (Å²) in [5.41, 5.74) is 3.32. The molecule has 0 aliphatic heterocycles. The average Bonchev–Trinajstić information content (AvgIpc) is 3.03. The molecule has 0 amide bonds. The Morgan fingerprint density at radius 3 is 2.76 bits per heavy atom. The van der Waals surface area contributed by atoms with E-state index in [-0.39, 0.29) is 5.41 Å². The van der Waals surface area contributed by atoms with Gasteiger partial charge >= 0.3 is 0 Å². The van der Waals surface area contributed by atoms with Gasteiger partial charge in [-0.25, -0.2) is 4.98 Å². The molecule has 0 atom stereocenters. The number of Topliss-reactive ketones (excluding diaryl/α,β-unsaturated/α-hetero) is 1. The lowest BCUT2D eigenvalue weighted by molar-refractivity contribution is 0.0909. The predicted molar refractivity (Wildman–Crippen MR) is 108 cm³/mol. The van der Waals surface area contributed by atoms with Crippen molar-refractivity contribution in [3.8, 4) is 10.6 Å². The molecule has 5 heteroatoms. The monoisotopic (exact) mass is 374 g/mol. The SMILES string of the molecule is CN(C)CCCSc1ccc(-c2nccs2)c2c1C(=O)CC(C)(C)C2. The van der Waals surface area contributed by atoms with Crippen LogP contribution in [0.4, 0.5) is 0 Å². The highest BCUT2D eigenvalue weighted by Gasteiger charge is 2.34. The molecule has 1 aromatic carbocycles. The molecule has 25 heavy (non-hydrogen) atoms. The second kappa shape index (κ2) is 7.60. The number of nitrogens with zero attached hydrogens (tertiary/aromatic N) is 2. The third-order valence-electron chi connectivity index (χ3n) is 4.52. The van der Waals surface area contributed by atoms with E-state index >= 15 is 0 Å². The van der Waals surface area contributed by atoms with Crippen LogP contribution in [0, 0.1) is 5.41 Å². The zero-order chi connectivity index (χ0) is 18.0. The summed E-state index contributed by atoms with van der Waals surface area (Å²) in [5, 5.41) is 3.02. The van der Waals surface area contributed by atoms with Gasteiger partial charge in [0.05, 0.1) is 0 Å². The molecule has 1 aromatic heterocycles. The van der Waals surface area contributed by atoms with Gasteiger partial charge in [0.1, 0.15) is 5.01 Å². The van der Waals surface area contributed by atoms with Crippen LogP contribution in [0.3, 0.4) is 0 Å². The molecular weight excluding hydrogens is 348 g/mol. The quantitative estimate of drug-likeness (QED) is 0.526. The maximum absolute atomic E-state index is 12.9. The second-order valence-corrected chi connectivity index (χ2v) is 9.78. The molecule has 2 aromatic rings. The number of thiazole rings is 1. The largest absolute Gasteiger partial charge is 0.309 e. The summed E-state index contributed by atoms with van der Waals surface area (Å²) in [7, 11) is 4.20. The van der Waals surface area contributed by atoms with Gasteiger partial charge in [0.2, 0.25) is 0 Å². The van der Waals surface area contributed by atoms with Crippen molar-refractivity contribution in [3.63, 3.8) is 0 Å². The van der Waals surface area contributed by atoms with E-state index in [0.29, 0.717) is 12.2 Å². The van der Waals surface area contributed by atoms with Gasteiger partial charge < -0.3 is 4.90 Å². The van der Waals surface area contributed by atoms with Gasteiger partial charge in [-0.2, -0.15) is 0 Å². The number of rotatable bonds is 6. The second-order valence-electron chi connectivity index (χ2n) is 7.75. The van der Waals surface area contributed by atoms with E-state index in [9.17, 15) is 4.79 Å². The molecule has 134 valence electrons. The number of hydrogen-bond donors (Lipinski definition) is 0. The summed E-state index contributed by atoms with van der Waals surface area (Å²) in [4.78, 5) is 20.8. The first-order chi connectivity index (χ1) is 11.9. The van der Waals surface area contributed by atoms with Gasteiger partial charge in [-0.05, 0) is 56.3 Å². The number of carbonyl (C=O) groups excluding carboxylic acids is 1. The van der Waals surface area contributed by atoms with Crippen molar-refractivity contribution in [2.45, 2.75) is 38.0 Å². The Morgan fingerprint density at radius 1 is 1.28 bits per heavy atom. The van der Waals surface area contributed by atoms with Gasteiger partial charge in [0.25, 0.3) is 0 Å². The lowest BCUT2D eigenvalue weighted by atomic mass is 9.72. The lowest BCUT2D eigenvalue weighted by Gasteiger charge is -2.32. The minimum Gasteiger partial charge on any atom is -0.309 e. The number of hydrogen-bond acceptors (Lipinski definition) is 5. The van der Waals surface area contributed by atoms with Crippen LogP contribution in [0.25, 0.3) is 10.6 Å². The van der Waals surface area contributed by atoms with Gasteiger partial charge in [0, 0.05) is 34.0 Å². The Morgan fingerprint density at radius 2 is 2.08 bits per heavy atom. The Labute approximate surface area is 158 Å². The lowest BCUT2D eigenvalue weighted by Crippen LogP contribution is -2.28. The molecule has 0 spiro atoms. The first-order valence-corrected chi connectivity index (χ1v) is 10.6. The molecule has 0 radical (unpaired) electrons. The van der Waals surface area contributed by atoms with Crippen molar-refractivity contribution >= 4 is 28.9 Å². The van der Waals surface area contributed by atoms with Crippen LogP contribution in [-0.4, -0.2) is 42.1 Å². The Hall–Kier alpha value is -1.17. The number of fused-ring (bicyclic) bond motifs is 1. The summed E-state index contributed by atoms with van der Waals surface area (Å²) in [6, 6.07) is 4.30. The fraction of sp³-hybridized carbons (Fsp3) is 0.500. The molecule has 0 saturated carbocycles. The molecule has 0 N–H and O–H groups in total. The molecule has 1 heterocycles. The van der Waals surface area contributed by atoms with E-state index in [2.05, 4.69) is 50.0 Å². The van der Waals surface area contributed by atoms with Crippen molar-refractivity contribution in [1.29, 1.82) is 0 Å². The van der Waals surface area contributed by atoms with Crippen molar-refractivity contribution in [2.75, 3.05) is 26.4 Å². The van der Waals surface area contributed by atoms with E-state index in [0.717, 1.165) is 46.2 Å². The molecule has 0 bridgehead atoms. The van der Waals surface area contributed by atoms with Crippen LogP contribution >= 0.6 is 23.1 Å². The van der Waals surface area contributed by atoms with Gasteiger partial charge in [-0.1, -0.05) is 19.9 Å². The summed E-state index contributed by atoms with van der Waals surface area (Å²) < 4.78 is 0. The highest BCUT2D eigenvalue weighted by molar-refractivity contribution is 7.99. The van der Waals surface area contributed by atoms with Crippen LogP contribution in [0.2, 0.25) is 0 Å². The van der Waals surface area contributed by atoms with Crippen LogP contribution in [0.1, 0.15) is 42.6 Å². The van der Waals surface area contributed by atoms with Crippen molar-refractivity contribution in [1.82, 2.24) is 9.88 Å². The summed E-state index contributed by atoms with van der Waals surface area (Å²) in [6.45, 7) is 5.46. The molecule has 1 aliphatic carbocycles. The number of ketones is 1. The van der Waals surface area contributed by atoms with Gasteiger partial charge in [-0.15, -0.1) is 23.1 Å². The van der Waals surface area contributed by atoms with Gasteiger partial charge in [-0.3, -0.25) is 4.79 Å². The van der Waals surface area contributed by atoms with E-state index in [1.807, 2.05) is 23.3 Å². The third-order valence-corrected chi connectivity index (χ3v) is 6.47. The fourth-order valence-electron chi connectivity index (χ4n) is 3.42. The third kappa shape index (κ3) is 4.33. The van der Waals surface area contributed by atoms with Crippen LogP contribution in [-0.2, 0) is 6.42 Å². The van der Waals surface area contributed by atoms with E-state index in [1.54, 1.807) is 11.3 Å². The standard InChI is InChI=1S/C20H26N2OS2/c1-20(2)12-15-14(19-21-8-11-25-19)6-7-17(18(15)16(23)13-20)24-10-5-9-22(3)4/h6-8,11H,5,9-10,12-13H2,1-4H3. The van der Waals surface area contributed by atoms with Gasteiger partial charge in [0.15, 0.2) is 5.78 Å².